The molecule has 0 atom stereocenters. The third-order valence-corrected chi connectivity index (χ3v) is 3.94. The molecule has 0 bridgehead atoms. The molecule has 1 aromatic carbocycles. The molecule has 0 aliphatic heterocycles. The third kappa shape index (κ3) is 2.72. The Morgan fingerprint density at radius 3 is 2.56 bits per heavy atom. The summed E-state index contributed by atoms with van der Waals surface area (Å²) in [6, 6.07) is 5.66. The molecule has 89 valence electrons. The fraction of sp³-hybridized carbons (Fsp3) is 0.400. The summed E-state index contributed by atoms with van der Waals surface area (Å²) in [5.41, 5.74) is 6.05. The topological polar surface area (TPSA) is 101 Å². The van der Waals surface area contributed by atoms with E-state index in [1.54, 1.807) is 6.07 Å². The van der Waals surface area contributed by atoms with Crippen molar-refractivity contribution < 1.29 is 18.6 Å². The summed E-state index contributed by atoms with van der Waals surface area (Å²) in [5.74, 6) is -0.381. The average molecular weight is 244 g/mol. The number of hydrogen-bond acceptors (Lipinski definition) is 5. The lowest BCUT2D eigenvalue weighted by Crippen LogP contribution is -2.15. The van der Waals surface area contributed by atoms with Gasteiger partial charge in [-0.25, -0.2) is 8.42 Å². The summed E-state index contributed by atoms with van der Waals surface area (Å²) in [4.78, 5) is -0.0295. The predicted molar refractivity (Wildman–Crippen MR) is 59.6 cm³/mol. The van der Waals surface area contributed by atoms with Gasteiger partial charge in [-0.05, 0) is 12.0 Å². The second kappa shape index (κ2) is 5.29. The standard InChI is InChI=1S/C10H14NO4S/c11-9-3-1-2-8(4-5-12)10(9)16(14,15)7-6-13/h1-2,12-13H,4-7,11H2. The van der Waals surface area contributed by atoms with E-state index in [0.29, 0.717) is 5.56 Å². The van der Waals surface area contributed by atoms with E-state index in [4.69, 9.17) is 15.9 Å². The van der Waals surface area contributed by atoms with Crippen molar-refractivity contribution in [3.8, 4) is 0 Å². The molecule has 0 spiro atoms. The van der Waals surface area contributed by atoms with Crippen molar-refractivity contribution in [3.63, 3.8) is 0 Å². The third-order valence-electron chi connectivity index (χ3n) is 2.11. The molecular weight excluding hydrogens is 230 g/mol. The van der Waals surface area contributed by atoms with Gasteiger partial charge in [0.2, 0.25) is 0 Å². The molecule has 1 rings (SSSR count). The molecule has 0 fully saturated rings. The van der Waals surface area contributed by atoms with Gasteiger partial charge in [-0.2, -0.15) is 0 Å². The maximum absolute atomic E-state index is 11.8. The minimum Gasteiger partial charge on any atom is -0.397 e. The monoisotopic (exact) mass is 244 g/mol. The molecule has 4 N–H and O–H groups in total. The molecule has 0 unspecified atom stereocenters. The first-order valence-corrected chi connectivity index (χ1v) is 6.41. The van der Waals surface area contributed by atoms with Gasteiger partial charge in [-0.15, -0.1) is 0 Å². The maximum Gasteiger partial charge on any atom is 0.182 e. The van der Waals surface area contributed by atoms with Crippen molar-refractivity contribution >= 4 is 15.5 Å². The minimum atomic E-state index is -3.61. The number of rotatable bonds is 5. The molecule has 16 heavy (non-hydrogen) atoms. The highest BCUT2D eigenvalue weighted by molar-refractivity contribution is 7.91. The van der Waals surface area contributed by atoms with Crippen LogP contribution >= 0.6 is 0 Å². The quantitative estimate of drug-likeness (QED) is 0.599. The van der Waals surface area contributed by atoms with Crippen molar-refractivity contribution in [2.75, 3.05) is 24.7 Å². The molecule has 0 amide bonds. The Bertz CT molecular complexity index is 456. The summed E-state index contributed by atoms with van der Waals surface area (Å²) in [7, 11) is -3.61. The Hall–Kier alpha value is -1.11. The van der Waals surface area contributed by atoms with E-state index in [9.17, 15) is 8.42 Å². The van der Waals surface area contributed by atoms with E-state index in [1.165, 1.54) is 6.07 Å². The first-order valence-electron chi connectivity index (χ1n) is 4.76. The van der Waals surface area contributed by atoms with Crippen LogP contribution in [0.2, 0.25) is 0 Å². The second-order valence-corrected chi connectivity index (χ2v) is 5.31. The zero-order valence-corrected chi connectivity index (χ0v) is 9.50. The van der Waals surface area contributed by atoms with Crippen LogP contribution in [0.3, 0.4) is 0 Å². The van der Waals surface area contributed by atoms with Gasteiger partial charge in [0.05, 0.1) is 22.9 Å². The minimum absolute atomic E-state index is 0.0272. The van der Waals surface area contributed by atoms with Gasteiger partial charge in [-0.1, -0.05) is 12.1 Å². The van der Waals surface area contributed by atoms with Crippen LogP contribution in [0, 0.1) is 6.07 Å². The number of hydrogen-bond donors (Lipinski definition) is 3. The van der Waals surface area contributed by atoms with Crippen LogP contribution in [-0.4, -0.2) is 37.6 Å². The van der Waals surface area contributed by atoms with Crippen LogP contribution in [0.25, 0.3) is 0 Å². The first kappa shape index (κ1) is 13.0. The van der Waals surface area contributed by atoms with Crippen molar-refractivity contribution in [2.24, 2.45) is 0 Å². The summed E-state index contributed by atoms with van der Waals surface area (Å²) >= 11 is 0. The number of aliphatic hydroxyl groups excluding tert-OH is 2. The van der Waals surface area contributed by atoms with Gasteiger partial charge in [0.1, 0.15) is 0 Å². The van der Waals surface area contributed by atoms with E-state index < -0.39 is 16.4 Å². The Labute approximate surface area is 94.4 Å². The number of benzene rings is 1. The predicted octanol–water partition coefficient (Wildman–Crippen LogP) is -0.630. The van der Waals surface area contributed by atoms with Gasteiger partial charge < -0.3 is 15.9 Å². The highest BCUT2D eigenvalue weighted by Crippen LogP contribution is 2.24. The van der Waals surface area contributed by atoms with Gasteiger partial charge in [0.25, 0.3) is 0 Å². The van der Waals surface area contributed by atoms with Gasteiger partial charge in [-0.3, -0.25) is 0 Å². The van der Waals surface area contributed by atoms with Crippen LogP contribution in [0.4, 0.5) is 5.69 Å². The van der Waals surface area contributed by atoms with Gasteiger partial charge >= 0.3 is 0 Å². The van der Waals surface area contributed by atoms with Crippen LogP contribution in [0.15, 0.2) is 17.0 Å². The average Bonchev–Trinajstić information content (AvgIpc) is 2.17. The maximum atomic E-state index is 11.8. The van der Waals surface area contributed by atoms with Crippen molar-refractivity contribution in [1.29, 1.82) is 0 Å². The summed E-state index contributed by atoms with van der Waals surface area (Å²) in [5, 5.41) is 17.5. The molecule has 6 heteroatoms. The Morgan fingerprint density at radius 1 is 1.31 bits per heavy atom. The molecule has 0 aromatic heterocycles. The Kier molecular flexibility index (Phi) is 4.28. The highest BCUT2D eigenvalue weighted by Gasteiger charge is 2.20. The summed E-state index contributed by atoms with van der Waals surface area (Å²) in [6.45, 7) is -0.625. The molecule has 0 saturated heterocycles. The zero-order chi connectivity index (χ0) is 12.2. The Balaban J connectivity index is 3.30. The van der Waals surface area contributed by atoms with E-state index in [2.05, 4.69) is 6.07 Å². The van der Waals surface area contributed by atoms with Gasteiger partial charge in [0, 0.05) is 12.7 Å². The number of nitrogens with two attached hydrogens (primary N) is 1. The SMILES string of the molecule is Nc1[c]ccc(CCO)c1S(=O)(=O)CCO. The fourth-order valence-electron chi connectivity index (χ4n) is 1.45. The van der Waals surface area contributed by atoms with Crippen LogP contribution < -0.4 is 5.73 Å². The Morgan fingerprint density at radius 2 is 2.00 bits per heavy atom. The summed E-state index contributed by atoms with van der Waals surface area (Å²) < 4.78 is 23.6. The first-order chi connectivity index (χ1) is 7.53. The van der Waals surface area contributed by atoms with Crippen LogP contribution in [0.1, 0.15) is 5.56 Å². The van der Waals surface area contributed by atoms with Gasteiger partial charge in [0.15, 0.2) is 9.84 Å². The van der Waals surface area contributed by atoms with E-state index in [0.717, 1.165) is 0 Å². The normalized spacial score (nSPS) is 11.6. The summed E-state index contributed by atoms with van der Waals surface area (Å²) in [6.07, 6.45) is 0.207. The van der Waals surface area contributed by atoms with E-state index >= 15 is 0 Å². The van der Waals surface area contributed by atoms with Crippen LogP contribution in [0.5, 0.6) is 0 Å². The molecule has 1 aromatic rings. The van der Waals surface area contributed by atoms with E-state index in [-0.39, 0.29) is 29.4 Å². The smallest absolute Gasteiger partial charge is 0.182 e. The number of nitrogen functional groups attached to an aromatic ring is 1. The molecule has 0 saturated carbocycles. The number of sulfone groups is 1. The van der Waals surface area contributed by atoms with Crippen molar-refractivity contribution in [3.05, 3.63) is 23.8 Å². The molecule has 5 nitrogen and oxygen atoms in total. The van der Waals surface area contributed by atoms with Crippen LogP contribution in [-0.2, 0) is 16.3 Å². The number of anilines is 1. The lowest BCUT2D eigenvalue weighted by Gasteiger charge is -2.11. The van der Waals surface area contributed by atoms with Crippen molar-refractivity contribution in [2.45, 2.75) is 11.3 Å². The second-order valence-electron chi connectivity index (χ2n) is 3.26. The molecular formula is C10H14NO4S. The zero-order valence-electron chi connectivity index (χ0n) is 8.68. The molecule has 0 heterocycles. The van der Waals surface area contributed by atoms with E-state index in [1.807, 2.05) is 0 Å². The largest absolute Gasteiger partial charge is 0.397 e. The fourth-order valence-corrected chi connectivity index (χ4v) is 2.86. The molecule has 1 radical (unpaired) electrons. The number of aliphatic hydroxyl groups is 2. The molecule has 0 aliphatic carbocycles. The lowest BCUT2D eigenvalue weighted by molar-refractivity contribution is 0.298. The van der Waals surface area contributed by atoms with Crippen molar-refractivity contribution in [1.82, 2.24) is 0 Å². The lowest BCUT2D eigenvalue weighted by atomic mass is 10.1. The molecule has 0 aliphatic rings. The highest BCUT2D eigenvalue weighted by atomic mass is 32.2.